The van der Waals surface area contributed by atoms with Crippen molar-refractivity contribution in [3.63, 3.8) is 0 Å². The molecule has 4 aliphatic carbocycles. The van der Waals surface area contributed by atoms with Crippen molar-refractivity contribution in [2.75, 3.05) is 13.7 Å². The summed E-state index contributed by atoms with van der Waals surface area (Å²) < 4.78 is 5.77. The fraction of sp³-hybridized carbons (Fsp3) is 0.907. The smallest absolute Gasteiger partial charge is 0.173 e. The summed E-state index contributed by atoms with van der Waals surface area (Å²) in [6.07, 6.45) is 16.3. The Kier molecular flexibility index (Phi) is 15.3. The topological polar surface area (TPSA) is 122 Å². The van der Waals surface area contributed by atoms with Gasteiger partial charge in [-0.15, -0.1) is 0 Å². The van der Waals surface area contributed by atoms with Crippen molar-refractivity contribution >= 4 is 11.6 Å². The zero-order valence-electron chi connectivity index (χ0n) is 32.0. The first-order valence-corrected chi connectivity index (χ1v) is 21.0. The quantitative estimate of drug-likeness (QED) is 0.143. The highest BCUT2D eigenvalue weighted by Gasteiger charge is 2.46. The van der Waals surface area contributed by atoms with Gasteiger partial charge in [-0.25, -0.2) is 0 Å². The van der Waals surface area contributed by atoms with Gasteiger partial charge in [0.05, 0.1) is 18.4 Å². The van der Waals surface area contributed by atoms with Crippen LogP contribution in [0.25, 0.3) is 0 Å². The normalized spacial score (nSPS) is 41.9. The molecule has 0 aromatic carbocycles. The fourth-order valence-electron chi connectivity index (χ4n) is 11.3. The summed E-state index contributed by atoms with van der Waals surface area (Å²) in [5.41, 5.74) is 6.36. The summed E-state index contributed by atoms with van der Waals surface area (Å²) in [6.45, 7) is 7.83. The van der Waals surface area contributed by atoms with Crippen molar-refractivity contribution < 1.29 is 24.5 Å². The van der Waals surface area contributed by atoms with E-state index in [1.807, 2.05) is 0 Å². The van der Waals surface area contributed by atoms with Crippen LogP contribution in [0.1, 0.15) is 143 Å². The second kappa shape index (κ2) is 19.2. The fourth-order valence-corrected chi connectivity index (χ4v) is 11.3. The Hall–Kier alpha value is -1.30. The summed E-state index contributed by atoms with van der Waals surface area (Å²) >= 11 is 0. The highest BCUT2D eigenvalue weighted by atomic mass is 16.5. The van der Waals surface area contributed by atoms with Gasteiger partial charge < -0.3 is 26.0 Å². The van der Waals surface area contributed by atoms with Gasteiger partial charge in [-0.2, -0.15) is 0 Å². The third kappa shape index (κ3) is 10.4. The largest absolute Gasteiger partial charge is 0.390 e. The Morgan fingerprint density at radius 3 is 2.44 bits per heavy atom. The average molecular weight is 697 g/mol. The molecule has 3 saturated carbocycles. The Morgan fingerprint density at radius 2 is 1.70 bits per heavy atom. The number of rotatable bonds is 10. The van der Waals surface area contributed by atoms with Gasteiger partial charge >= 0.3 is 0 Å². The van der Waals surface area contributed by atoms with Gasteiger partial charge in [0, 0.05) is 31.3 Å². The number of unbranched alkanes of at least 4 members (excludes halogenated alkanes) is 1. The van der Waals surface area contributed by atoms with Crippen LogP contribution < -0.4 is 11.1 Å². The zero-order valence-corrected chi connectivity index (χ0v) is 32.0. The van der Waals surface area contributed by atoms with Crippen LogP contribution in [0.5, 0.6) is 0 Å². The minimum Gasteiger partial charge on any atom is -0.390 e. The predicted molar refractivity (Wildman–Crippen MR) is 200 cm³/mol. The summed E-state index contributed by atoms with van der Waals surface area (Å²) in [7, 11) is 1.67. The van der Waals surface area contributed by atoms with E-state index in [0.29, 0.717) is 54.8 Å². The van der Waals surface area contributed by atoms with Gasteiger partial charge in [-0.3, -0.25) is 9.59 Å². The molecule has 7 nitrogen and oxygen atoms in total. The van der Waals surface area contributed by atoms with E-state index in [0.717, 1.165) is 70.8 Å². The number of methoxy groups -OCH3 is 1. The molecule has 1 heterocycles. The lowest BCUT2D eigenvalue weighted by atomic mass is 9.60. The van der Waals surface area contributed by atoms with Crippen LogP contribution in [0.3, 0.4) is 0 Å². The number of ketones is 2. The number of nitrogens with one attached hydrogen (secondary N) is 1. The molecule has 5 aliphatic rings. The van der Waals surface area contributed by atoms with Gasteiger partial charge in [0.2, 0.25) is 0 Å². The van der Waals surface area contributed by atoms with E-state index in [9.17, 15) is 19.8 Å². The lowest BCUT2D eigenvalue weighted by molar-refractivity contribution is -0.142. The maximum Gasteiger partial charge on any atom is 0.173 e. The first kappa shape index (κ1) is 39.9. The minimum atomic E-state index is -1.57. The highest BCUT2D eigenvalue weighted by Crippen LogP contribution is 2.49. The van der Waals surface area contributed by atoms with E-state index in [1.54, 1.807) is 7.11 Å². The third-order valence-corrected chi connectivity index (χ3v) is 14.0. The molecule has 0 aromatic rings. The molecule has 14 unspecified atom stereocenters. The second-order valence-corrected chi connectivity index (χ2v) is 18.0. The van der Waals surface area contributed by atoms with Crippen LogP contribution in [0.2, 0.25) is 0 Å². The lowest BCUT2D eigenvalue weighted by Gasteiger charge is -2.46. The standard InChI is InChI=1S/C43H72N2O5/c1-5-6-9-28-20-30(21-29-18-19-45-41(44)24-29)22-32-14-16-35(34-11-8-7-10-31(34)13-12-27(2)3)36-26-39(47)40(50-4)25-33(36)15-17-38(46)43(49)42(48)37(32)23-28/h27-37,39-41,43,45,47,49H,5-13,15,17-26,44H2,1-4H3. The Bertz CT molecular complexity index is 1150. The summed E-state index contributed by atoms with van der Waals surface area (Å²) in [6, 6.07) is 0. The average Bonchev–Trinajstić information content (AvgIpc) is 3.27. The van der Waals surface area contributed by atoms with Crippen LogP contribution in [0, 0.1) is 76.9 Å². The van der Waals surface area contributed by atoms with Crippen LogP contribution in [-0.4, -0.2) is 59.9 Å². The number of piperidine rings is 1. The molecule has 7 heteroatoms. The molecule has 0 aromatic heterocycles. The molecule has 0 spiro atoms. The van der Waals surface area contributed by atoms with Crippen LogP contribution >= 0.6 is 0 Å². The molecular formula is C43H72N2O5. The van der Waals surface area contributed by atoms with Gasteiger partial charge in [0.1, 0.15) is 0 Å². The summed E-state index contributed by atoms with van der Waals surface area (Å²) in [5.74, 6) is 10.2. The van der Waals surface area contributed by atoms with Crippen LogP contribution in [0.15, 0.2) is 0 Å². The highest BCUT2D eigenvalue weighted by molar-refractivity contribution is 6.06. The number of carbonyl (C=O) groups excluding carboxylic acids is 2. The minimum absolute atomic E-state index is 0.0448. The first-order valence-electron chi connectivity index (χ1n) is 21.0. The molecule has 1 aliphatic heterocycles. The number of carbonyl (C=O) groups is 2. The Balaban J connectivity index is 1.56. The van der Waals surface area contributed by atoms with E-state index in [4.69, 9.17) is 10.5 Å². The lowest BCUT2D eigenvalue weighted by Crippen LogP contribution is -2.46. The number of hydrogen-bond acceptors (Lipinski definition) is 7. The Labute approximate surface area is 304 Å². The van der Waals surface area contributed by atoms with Crippen molar-refractivity contribution in [3.05, 3.63) is 0 Å². The molecule has 14 atom stereocenters. The number of fused-ring (bicyclic) bond motifs is 2. The maximum absolute atomic E-state index is 14.3. The molecule has 4 fully saturated rings. The molecule has 5 N–H and O–H groups in total. The van der Waals surface area contributed by atoms with E-state index < -0.39 is 18.1 Å². The van der Waals surface area contributed by atoms with Gasteiger partial charge in [0.15, 0.2) is 17.7 Å². The number of Topliss-reactive ketones (excluding diaryl/α,β-unsaturated/α-hetero) is 2. The monoisotopic (exact) mass is 697 g/mol. The zero-order chi connectivity index (χ0) is 35.8. The number of ether oxygens (including phenoxy) is 1. The van der Waals surface area contributed by atoms with Gasteiger partial charge in [-0.05, 0) is 125 Å². The molecule has 0 bridgehead atoms. The van der Waals surface area contributed by atoms with Gasteiger partial charge in [0.25, 0.3) is 0 Å². The van der Waals surface area contributed by atoms with Crippen molar-refractivity contribution in [2.45, 2.75) is 167 Å². The van der Waals surface area contributed by atoms with Gasteiger partial charge in [-0.1, -0.05) is 77.6 Å². The van der Waals surface area contributed by atoms with Crippen molar-refractivity contribution in [3.8, 4) is 11.8 Å². The van der Waals surface area contributed by atoms with E-state index in [1.165, 1.54) is 32.1 Å². The molecule has 50 heavy (non-hydrogen) atoms. The van der Waals surface area contributed by atoms with Crippen molar-refractivity contribution in [1.82, 2.24) is 5.32 Å². The molecule has 0 radical (unpaired) electrons. The molecule has 284 valence electrons. The van der Waals surface area contributed by atoms with E-state index in [-0.39, 0.29) is 53.9 Å². The van der Waals surface area contributed by atoms with Crippen molar-refractivity contribution in [1.29, 1.82) is 0 Å². The number of aliphatic hydroxyl groups excluding tert-OH is 2. The summed E-state index contributed by atoms with van der Waals surface area (Å²) in [5, 5.41) is 26.2. The molecule has 1 saturated heterocycles. The van der Waals surface area contributed by atoms with E-state index in [2.05, 4.69) is 37.9 Å². The summed E-state index contributed by atoms with van der Waals surface area (Å²) in [4.78, 5) is 28.0. The molecular weight excluding hydrogens is 624 g/mol. The number of hydrogen-bond donors (Lipinski definition) is 4. The third-order valence-electron chi connectivity index (χ3n) is 14.0. The molecule has 5 rings (SSSR count). The SMILES string of the molecule is CCCCC1CC(CC2CCNC(N)C2)CC2C#CC(C3CCCCC3CCC(C)C)C3CC(O)C(OC)CC3CCC(=O)C(O)C(=O)C2C1. The maximum atomic E-state index is 14.3. The predicted octanol–water partition coefficient (Wildman–Crippen LogP) is 7.06. The molecule has 0 amide bonds. The number of nitrogens with two attached hydrogens (primary N) is 1. The van der Waals surface area contributed by atoms with Crippen LogP contribution in [0.4, 0.5) is 0 Å². The second-order valence-electron chi connectivity index (χ2n) is 18.0. The van der Waals surface area contributed by atoms with E-state index >= 15 is 0 Å². The number of aliphatic hydroxyl groups is 2. The van der Waals surface area contributed by atoms with Crippen LogP contribution in [-0.2, 0) is 14.3 Å². The Morgan fingerprint density at radius 1 is 0.900 bits per heavy atom. The van der Waals surface area contributed by atoms with Crippen molar-refractivity contribution in [2.24, 2.45) is 70.8 Å². The first-order chi connectivity index (χ1) is 24.1.